The van der Waals surface area contributed by atoms with E-state index < -0.39 is 16.6 Å². The van der Waals surface area contributed by atoms with Crippen molar-refractivity contribution >= 4 is 11.6 Å². The van der Waals surface area contributed by atoms with Gasteiger partial charge in [0, 0.05) is 31.7 Å². The van der Waals surface area contributed by atoms with Crippen molar-refractivity contribution in [3.05, 3.63) is 39.7 Å². The molecule has 1 aromatic rings. The van der Waals surface area contributed by atoms with Gasteiger partial charge in [-0.25, -0.2) is 4.39 Å². The first kappa shape index (κ1) is 13.4. The number of rotatable bonds is 2. The van der Waals surface area contributed by atoms with E-state index in [2.05, 4.69) is 5.32 Å². The third kappa shape index (κ3) is 2.87. The normalized spacial score (nSPS) is 19.3. The van der Waals surface area contributed by atoms with Gasteiger partial charge in [-0.05, 0) is 13.0 Å². The van der Waals surface area contributed by atoms with Gasteiger partial charge in [-0.3, -0.25) is 14.9 Å². The minimum absolute atomic E-state index is 0.125. The van der Waals surface area contributed by atoms with Crippen LogP contribution in [0, 0.1) is 15.9 Å². The summed E-state index contributed by atoms with van der Waals surface area (Å²) in [5.74, 6) is -1.29. The molecule has 1 saturated heterocycles. The van der Waals surface area contributed by atoms with Gasteiger partial charge in [-0.2, -0.15) is 0 Å². The topological polar surface area (TPSA) is 75.5 Å². The Morgan fingerprint density at radius 1 is 1.58 bits per heavy atom. The summed E-state index contributed by atoms with van der Waals surface area (Å²) in [6.07, 6.45) is 0. The third-order valence-corrected chi connectivity index (χ3v) is 3.05. The standard InChI is InChI=1S/C12H14FN3O3/c1-8-7-15(5-4-14-8)12(17)10-3-2-9(16(18)19)6-11(10)13/h2-3,6,8,14H,4-5,7H2,1H3. The summed E-state index contributed by atoms with van der Waals surface area (Å²) in [7, 11) is 0. The Kier molecular flexibility index (Phi) is 3.75. The predicted molar refractivity (Wildman–Crippen MR) is 66.4 cm³/mol. The van der Waals surface area contributed by atoms with E-state index >= 15 is 0 Å². The number of carbonyl (C=O) groups is 1. The fourth-order valence-electron chi connectivity index (χ4n) is 2.08. The van der Waals surface area contributed by atoms with Gasteiger partial charge in [-0.15, -0.1) is 0 Å². The lowest BCUT2D eigenvalue weighted by molar-refractivity contribution is -0.385. The highest BCUT2D eigenvalue weighted by molar-refractivity contribution is 5.94. The molecule has 1 amide bonds. The third-order valence-electron chi connectivity index (χ3n) is 3.05. The Morgan fingerprint density at radius 2 is 2.32 bits per heavy atom. The van der Waals surface area contributed by atoms with E-state index in [9.17, 15) is 19.3 Å². The van der Waals surface area contributed by atoms with E-state index in [4.69, 9.17) is 0 Å². The van der Waals surface area contributed by atoms with Crippen molar-refractivity contribution < 1.29 is 14.1 Å². The Balaban J connectivity index is 2.21. The van der Waals surface area contributed by atoms with Gasteiger partial charge in [0.05, 0.1) is 16.6 Å². The van der Waals surface area contributed by atoms with Gasteiger partial charge in [0.25, 0.3) is 11.6 Å². The molecule has 1 aromatic carbocycles. The highest BCUT2D eigenvalue weighted by Gasteiger charge is 2.24. The van der Waals surface area contributed by atoms with Crippen LogP contribution in [-0.2, 0) is 0 Å². The first-order valence-corrected chi connectivity index (χ1v) is 5.95. The zero-order chi connectivity index (χ0) is 14.0. The van der Waals surface area contributed by atoms with E-state index in [0.29, 0.717) is 19.6 Å². The van der Waals surface area contributed by atoms with Crippen LogP contribution in [0.25, 0.3) is 0 Å². The van der Waals surface area contributed by atoms with Crippen molar-refractivity contribution in [1.82, 2.24) is 10.2 Å². The van der Waals surface area contributed by atoms with E-state index in [1.165, 1.54) is 6.07 Å². The molecule has 2 rings (SSSR count). The molecule has 1 aliphatic heterocycles. The number of amides is 1. The number of carbonyl (C=O) groups excluding carboxylic acids is 1. The summed E-state index contributed by atoms with van der Waals surface area (Å²) < 4.78 is 13.7. The van der Waals surface area contributed by atoms with E-state index in [1.54, 1.807) is 4.90 Å². The van der Waals surface area contributed by atoms with Crippen LogP contribution in [0.2, 0.25) is 0 Å². The number of nitro benzene ring substituents is 1. The Bertz CT molecular complexity index is 521. The summed E-state index contributed by atoms with van der Waals surface area (Å²) >= 11 is 0. The number of hydrogen-bond donors (Lipinski definition) is 1. The second-order valence-electron chi connectivity index (χ2n) is 4.53. The lowest BCUT2D eigenvalue weighted by Crippen LogP contribution is -2.51. The number of nitro groups is 1. The van der Waals surface area contributed by atoms with Crippen molar-refractivity contribution in [1.29, 1.82) is 0 Å². The molecule has 1 heterocycles. The smallest absolute Gasteiger partial charge is 0.272 e. The Hall–Kier alpha value is -2.02. The maximum Gasteiger partial charge on any atom is 0.272 e. The maximum absolute atomic E-state index is 13.7. The average Bonchev–Trinajstić information content (AvgIpc) is 2.37. The van der Waals surface area contributed by atoms with Crippen LogP contribution >= 0.6 is 0 Å². The molecule has 102 valence electrons. The number of halogens is 1. The van der Waals surface area contributed by atoms with Crippen molar-refractivity contribution in [2.24, 2.45) is 0 Å². The van der Waals surface area contributed by atoms with Crippen LogP contribution in [0.15, 0.2) is 18.2 Å². The molecule has 1 N–H and O–H groups in total. The van der Waals surface area contributed by atoms with Crippen molar-refractivity contribution in [3.8, 4) is 0 Å². The second kappa shape index (κ2) is 5.31. The van der Waals surface area contributed by atoms with Gasteiger partial charge in [0.15, 0.2) is 0 Å². The van der Waals surface area contributed by atoms with Crippen LogP contribution in [-0.4, -0.2) is 41.4 Å². The molecule has 1 aliphatic rings. The van der Waals surface area contributed by atoms with Gasteiger partial charge in [-0.1, -0.05) is 0 Å². The van der Waals surface area contributed by atoms with Gasteiger partial charge in [0.2, 0.25) is 0 Å². The predicted octanol–water partition coefficient (Wildman–Crippen LogP) is 1.17. The molecular formula is C12H14FN3O3. The summed E-state index contributed by atoms with van der Waals surface area (Å²) in [5, 5.41) is 13.7. The molecule has 0 saturated carbocycles. The highest BCUT2D eigenvalue weighted by Crippen LogP contribution is 2.18. The first-order chi connectivity index (χ1) is 8.99. The Morgan fingerprint density at radius 3 is 2.89 bits per heavy atom. The molecule has 0 aromatic heterocycles. The SMILES string of the molecule is CC1CN(C(=O)c2ccc([N+](=O)[O-])cc2F)CCN1. The maximum atomic E-state index is 13.7. The molecule has 0 bridgehead atoms. The summed E-state index contributed by atoms with van der Waals surface area (Å²) in [6, 6.07) is 3.24. The van der Waals surface area contributed by atoms with Gasteiger partial charge >= 0.3 is 0 Å². The molecule has 0 spiro atoms. The van der Waals surface area contributed by atoms with Crippen LogP contribution in [0.4, 0.5) is 10.1 Å². The van der Waals surface area contributed by atoms with E-state index in [1.807, 2.05) is 6.92 Å². The van der Waals surface area contributed by atoms with Crippen LogP contribution in [0.5, 0.6) is 0 Å². The number of non-ortho nitro benzene ring substituents is 1. The largest absolute Gasteiger partial charge is 0.336 e. The van der Waals surface area contributed by atoms with Crippen molar-refractivity contribution in [2.75, 3.05) is 19.6 Å². The van der Waals surface area contributed by atoms with Crippen LogP contribution in [0.1, 0.15) is 17.3 Å². The highest BCUT2D eigenvalue weighted by atomic mass is 19.1. The molecule has 0 radical (unpaired) electrons. The summed E-state index contributed by atoms with van der Waals surface area (Å²) in [4.78, 5) is 23.5. The molecule has 1 fully saturated rings. The van der Waals surface area contributed by atoms with Crippen LogP contribution < -0.4 is 5.32 Å². The van der Waals surface area contributed by atoms with Crippen LogP contribution in [0.3, 0.4) is 0 Å². The molecule has 7 heteroatoms. The molecule has 0 aliphatic carbocycles. The minimum atomic E-state index is -0.856. The summed E-state index contributed by atoms with van der Waals surface area (Å²) in [6.45, 7) is 3.59. The van der Waals surface area contributed by atoms with Crippen molar-refractivity contribution in [2.45, 2.75) is 13.0 Å². The molecule has 6 nitrogen and oxygen atoms in total. The number of hydrogen-bond acceptors (Lipinski definition) is 4. The quantitative estimate of drug-likeness (QED) is 0.644. The van der Waals surface area contributed by atoms with Gasteiger partial charge < -0.3 is 10.2 Å². The number of piperazine rings is 1. The molecule has 1 atom stereocenters. The zero-order valence-corrected chi connectivity index (χ0v) is 10.4. The fraction of sp³-hybridized carbons (Fsp3) is 0.417. The monoisotopic (exact) mass is 267 g/mol. The van der Waals surface area contributed by atoms with Crippen molar-refractivity contribution in [3.63, 3.8) is 0 Å². The van der Waals surface area contributed by atoms with E-state index in [-0.39, 0.29) is 17.3 Å². The fourth-order valence-corrected chi connectivity index (χ4v) is 2.08. The molecule has 1 unspecified atom stereocenters. The number of nitrogens with one attached hydrogen (secondary N) is 1. The second-order valence-corrected chi connectivity index (χ2v) is 4.53. The first-order valence-electron chi connectivity index (χ1n) is 5.95. The lowest BCUT2D eigenvalue weighted by Gasteiger charge is -2.32. The van der Waals surface area contributed by atoms with Gasteiger partial charge in [0.1, 0.15) is 5.82 Å². The number of benzene rings is 1. The summed E-state index contributed by atoms with van der Waals surface area (Å²) in [5.41, 5.74) is -0.484. The lowest BCUT2D eigenvalue weighted by atomic mass is 10.1. The number of nitrogens with zero attached hydrogens (tertiary/aromatic N) is 2. The molecule has 19 heavy (non-hydrogen) atoms. The average molecular weight is 267 g/mol. The molecular weight excluding hydrogens is 253 g/mol. The Labute approximate surface area is 109 Å². The van der Waals surface area contributed by atoms with E-state index in [0.717, 1.165) is 12.1 Å². The minimum Gasteiger partial charge on any atom is -0.336 e. The zero-order valence-electron chi connectivity index (χ0n) is 10.4.